The van der Waals surface area contributed by atoms with Gasteiger partial charge in [-0.2, -0.15) is 0 Å². The van der Waals surface area contributed by atoms with Crippen LogP contribution in [0.25, 0.3) is 0 Å². The lowest BCUT2D eigenvalue weighted by molar-refractivity contribution is -0.274. The van der Waals surface area contributed by atoms with Gasteiger partial charge in [0, 0.05) is 44.0 Å². The first kappa shape index (κ1) is 21.5. The van der Waals surface area contributed by atoms with Crippen LogP contribution in [0, 0.1) is 5.92 Å². The number of nitrogens with one attached hydrogen (secondary N) is 1. The Labute approximate surface area is 179 Å². The molecule has 168 valence electrons. The lowest BCUT2D eigenvalue weighted by Gasteiger charge is -2.19. The maximum absolute atomic E-state index is 12.5. The molecule has 2 amide bonds. The number of nitrogens with zero attached hydrogens (tertiary/aromatic N) is 2. The molecule has 32 heavy (non-hydrogen) atoms. The van der Waals surface area contributed by atoms with Gasteiger partial charge >= 0.3 is 12.5 Å². The van der Waals surface area contributed by atoms with Gasteiger partial charge in [0.2, 0.25) is 5.56 Å². The number of fused-ring (bicyclic) bond motifs is 1. The van der Waals surface area contributed by atoms with Crippen LogP contribution >= 0.6 is 0 Å². The van der Waals surface area contributed by atoms with E-state index in [1.807, 2.05) is 0 Å². The van der Waals surface area contributed by atoms with E-state index >= 15 is 0 Å². The molecular weight excluding hydrogens is 431 g/mol. The molecule has 2 aromatic rings. The number of rotatable bonds is 4. The van der Waals surface area contributed by atoms with Crippen LogP contribution in [-0.4, -0.2) is 52.8 Å². The van der Waals surface area contributed by atoms with Gasteiger partial charge in [-0.25, -0.2) is 4.79 Å². The number of benzene rings is 1. The standard InChI is InChI=1S/C21H18F3N3O5/c22-21(23,24)32-17-4-1-13(2-5-17)12-31-20(30)27-10-15-8-26(9-16(15)11-27)19(29)14-3-6-18(28)25-7-14/h1-8,16H,9-12H2,(H,25,28)/t16-/m0/s1. The van der Waals surface area contributed by atoms with Crippen molar-refractivity contribution in [3.05, 3.63) is 75.8 Å². The number of ether oxygens (including phenoxy) is 2. The molecule has 8 nitrogen and oxygen atoms in total. The fourth-order valence-electron chi connectivity index (χ4n) is 3.62. The van der Waals surface area contributed by atoms with Gasteiger partial charge in [0.15, 0.2) is 0 Å². The molecule has 0 radical (unpaired) electrons. The zero-order valence-corrected chi connectivity index (χ0v) is 16.6. The van der Waals surface area contributed by atoms with Crippen LogP contribution < -0.4 is 10.3 Å². The number of carbonyl (C=O) groups is 2. The number of amides is 2. The molecule has 2 aliphatic rings. The van der Waals surface area contributed by atoms with Crippen molar-refractivity contribution >= 4 is 12.0 Å². The van der Waals surface area contributed by atoms with Crippen molar-refractivity contribution in [2.45, 2.75) is 13.0 Å². The van der Waals surface area contributed by atoms with E-state index in [2.05, 4.69) is 9.72 Å². The molecule has 11 heteroatoms. The number of likely N-dealkylation sites (tertiary alicyclic amines) is 1. The molecule has 0 aliphatic carbocycles. The molecule has 2 aliphatic heterocycles. The Bertz CT molecular complexity index is 1090. The van der Waals surface area contributed by atoms with E-state index in [4.69, 9.17) is 4.74 Å². The second-order valence-corrected chi connectivity index (χ2v) is 7.43. The number of carbonyl (C=O) groups excluding carboxylic acids is 2. The lowest BCUT2D eigenvalue weighted by atomic mass is 10.1. The summed E-state index contributed by atoms with van der Waals surface area (Å²) in [5.74, 6) is -0.601. The topological polar surface area (TPSA) is 91.9 Å². The minimum atomic E-state index is -4.77. The van der Waals surface area contributed by atoms with E-state index < -0.39 is 12.5 Å². The highest BCUT2D eigenvalue weighted by Gasteiger charge is 2.38. The first-order chi connectivity index (χ1) is 15.2. The van der Waals surface area contributed by atoms with Gasteiger partial charge in [0.1, 0.15) is 12.4 Å². The minimum Gasteiger partial charge on any atom is -0.445 e. The zero-order chi connectivity index (χ0) is 22.9. The molecule has 0 unspecified atom stereocenters. The van der Waals surface area contributed by atoms with Gasteiger partial charge in [-0.3, -0.25) is 9.59 Å². The van der Waals surface area contributed by atoms with Crippen LogP contribution in [-0.2, 0) is 11.3 Å². The first-order valence-corrected chi connectivity index (χ1v) is 9.64. The SMILES string of the molecule is O=C(c1ccc(=O)[nH]c1)N1C=C2CN(C(=O)OCc3ccc(OC(F)(F)F)cc3)C[C@@H]2C1. The molecule has 0 bridgehead atoms. The number of halogens is 3. The summed E-state index contributed by atoms with van der Waals surface area (Å²) >= 11 is 0. The largest absolute Gasteiger partial charge is 0.573 e. The van der Waals surface area contributed by atoms with E-state index in [1.54, 1.807) is 11.1 Å². The molecule has 1 atom stereocenters. The zero-order valence-electron chi connectivity index (χ0n) is 16.6. The molecule has 1 aromatic carbocycles. The van der Waals surface area contributed by atoms with Crippen LogP contribution in [0.3, 0.4) is 0 Å². The summed E-state index contributed by atoms with van der Waals surface area (Å²) in [5, 5.41) is 0. The quantitative estimate of drug-likeness (QED) is 0.775. The van der Waals surface area contributed by atoms with Gasteiger partial charge in [0.05, 0.1) is 5.56 Å². The fraction of sp³-hybridized carbons (Fsp3) is 0.286. The van der Waals surface area contributed by atoms with Crippen molar-refractivity contribution in [2.24, 2.45) is 5.92 Å². The second kappa shape index (κ2) is 8.40. The Balaban J connectivity index is 1.29. The summed E-state index contributed by atoms with van der Waals surface area (Å²) < 4.78 is 45.7. The van der Waals surface area contributed by atoms with Gasteiger partial charge < -0.3 is 24.3 Å². The van der Waals surface area contributed by atoms with Gasteiger partial charge in [-0.15, -0.1) is 13.2 Å². The van der Waals surface area contributed by atoms with E-state index in [0.717, 1.165) is 17.7 Å². The number of H-pyrrole nitrogens is 1. The minimum absolute atomic E-state index is 0.00642. The molecule has 1 saturated heterocycles. The van der Waals surface area contributed by atoms with Crippen LogP contribution in [0.15, 0.2) is 59.2 Å². The van der Waals surface area contributed by atoms with Crippen LogP contribution in [0.5, 0.6) is 5.75 Å². The van der Waals surface area contributed by atoms with Crippen molar-refractivity contribution < 1.29 is 32.2 Å². The van der Waals surface area contributed by atoms with Crippen LogP contribution in [0.4, 0.5) is 18.0 Å². The Morgan fingerprint density at radius 1 is 1.09 bits per heavy atom. The number of pyridine rings is 1. The van der Waals surface area contributed by atoms with Crippen molar-refractivity contribution in [3.8, 4) is 5.75 Å². The molecule has 0 saturated carbocycles. The third-order valence-corrected chi connectivity index (χ3v) is 5.15. The lowest BCUT2D eigenvalue weighted by Crippen LogP contribution is -2.33. The summed E-state index contributed by atoms with van der Waals surface area (Å²) in [6, 6.07) is 7.81. The molecular formula is C21H18F3N3O5. The Kier molecular flexibility index (Phi) is 5.64. The number of alkyl halides is 3. The predicted molar refractivity (Wildman–Crippen MR) is 105 cm³/mol. The molecule has 0 spiro atoms. The third-order valence-electron chi connectivity index (χ3n) is 5.15. The number of hydrogen-bond acceptors (Lipinski definition) is 5. The maximum atomic E-state index is 12.5. The van der Waals surface area contributed by atoms with Crippen molar-refractivity contribution in [2.75, 3.05) is 19.6 Å². The highest BCUT2D eigenvalue weighted by molar-refractivity contribution is 5.95. The fourth-order valence-corrected chi connectivity index (χ4v) is 3.62. The summed E-state index contributed by atoms with van der Waals surface area (Å²) in [5.41, 5.74) is 1.51. The van der Waals surface area contributed by atoms with Crippen molar-refractivity contribution in [3.63, 3.8) is 0 Å². The average molecular weight is 449 g/mol. The maximum Gasteiger partial charge on any atom is 0.573 e. The van der Waals surface area contributed by atoms with Gasteiger partial charge in [0.25, 0.3) is 5.91 Å². The first-order valence-electron chi connectivity index (χ1n) is 9.64. The molecule has 3 heterocycles. The predicted octanol–water partition coefficient (Wildman–Crippen LogP) is 2.88. The highest BCUT2D eigenvalue weighted by atomic mass is 19.4. The van der Waals surface area contributed by atoms with Gasteiger partial charge in [-0.1, -0.05) is 12.1 Å². The Morgan fingerprint density at radius 2 is 1.84 bits per heavy atom. The molecule has 1 fully saturated rings. The normalized spacial score (nSPS) is 17.7. The molecule has 1 aromatic heterocycles. The summed E-state index contributed by atoms with van der Waals surface area (Å²) in [4.78, 5) is 41.6. The summed E-state index contributed by atoms with van der Waals surface area (Å²) in [6.07, 6.45) is -2.24. The van der Waals surface area contributed by atoms with E-state index in [0.29, 0.717) is 30.8 Å². The number of aromatic nitrogens is 1. The van der Waals surface area contributed by atoms with Crippen molar-refractivity contribution in [1.29, 1.82) is 0 Å². The smallest absolute Gasteiger partial charge is 0.445 e. The Morgan fingerprint density at radius 3 is 2.47 bits per heavy atom. The van der Waals surface area contributed by atoms with Crippen LogP contribution in [0.1, 0.15) is 15.9 Å². The molecule has 4 rings (SSSR count). The van der Waals surface area contributed by atoms with E-state index in [-0.39, 0.29) is 29.7 Å². The van der Waals surface area contributed by atoms with E-state index in [9.17, 15) is 27.6 Å². The monoisotopic (exact) mass is 449 g/mol. The highest BCUT2D eigenvalue weighted by Crippen LogP contribution is 2.31. The van der Waals surface area contributed by atoms with Crippen LogP contribution in [0.2, 0.25) is 0 Å². The summed E-state index contributed by atoms with van der Waals surface area (Å²) in [7, 11) is 0. The second-order valence-electron chi connectivity index (χ2n) is 7.43. The molecule has 1 N–H and O–H groups in total. The average Bonchev–Trinajstić information content (AvgIpc) is 3.31. The Hall–Kier alpha value is -3.76. The van der Waals surface area contributed by atoms with Gasteiger partial charge in [-0.05, 0) is 29.3 Å². The number of hydrogen-bond donors (Lipinski definition) is 1. The summed E-state index contributed by atoms with van der Waals surface area (Å²) in [6.45, 7) is 1.02. The van der Waals surface area contributed by atoms with E-state index in [1.165, 1.54) is 35.4 Å². The van der Waals surface area contributed by atoms with Crippen molar-refractivity contribution in [1.82, 2.24) is 14.8 Å². The number of aromatic amines is 1. The third kappa shape index (κ3) is 4.93.